The maximum Gasteiger partial charge on any atom is 0.284 e. The molecule has 11 nitrogen and oxygen atoms in total. The van der Waals surface area contributed by atoms with Gasteiger partial charge in [-0.25, -0.2) is 4.52 Å². The average molecular weight is 435 g/mol. The van der Waals surface area contributed by atoms with Crippen LogP contribution in [0.1, 0.15) is 18.3 Å². The number of nitrogens with zero attached hydrogens (tertiary/aromatic N) is 9. The highest BCUT2D eigenvalue weighted by atomic mass is 35.5. The molecule has 1 fully saturated rings. The van der Waals surface area contributed by atoms with Crippen LogP contribution in [-0.4, -0.2) is 45.3 Å². The highest BCUT2D eigenvalue weighted by Crippen LogP contribution is 2.36. The molecule has 1 aliphatic rings. The zero-order valence-electron chi connectivity index (χ0n) is 16.0. The fourth-order valence-corrected chi connectivity index (χ4v) is 4.12. The Balaban J connectivity index is 1.58. The molecule has 0 aliphatic carbocycles. The van der Waals surface area contributed by atoms with Gasteiger partial charge in [0.25, 0.3) is 11.3 Å². The zero-order valence-corrected chi connectivity index (χ0v) is 16.8. The number of hydrogen-bond donors (Lipinski definition) is 1. The smallest absolute Gasteiger partial charge is 0.284 e. The molecule has 0 unspecified atom stereocenters. The molecule has 0 saturated carbocycles. The molecule has 1 saturated heterocycles. The monoisotopic (exact) mass is 434 g/mol. The summed E-state index contributed by atoms with van der Waals surface area (Å²) in [7, 11) is 0. The normalized spacial score (nSPS) is 16.2. The van der Waals surface area contributed by atoms with Gasteiger partial charge in [-0.3, -0.25) is 9.36 Å². The van der Waals surface area contributed by atoms with Gasteiger partial charge in [0, 0.05) is 12.7 Å². The molecule has 0 bridgehead atoms. The number of para-hydroxylation sites is 1. The molecule has 31 heavy (non-hydrogen) atoms. The quantitative estimate of drug-likeness (QED) is 0.453. The van der Waals surface area contributed by atoms with E-state index in [1.807, 2.05) is 35.2 Å². The minimum Gasteiger partial charge on any atom is -0.368 e. The first kappa shape index (κ1) is 17.8. The van der Waals surface area contributed by atoms with E-state index >= 15 is 0 Å². The second-order valence-electron chi connectivity index (χ2n) is 7.14. The fourth-order valence-electron chi connectivity index (χ4n) is 3.90. The Labute approximate surface area is 179 Å². The standard InChI is InChI=1S/C19H15ClN10O/c20-12-6-9-28-14(12)16(31)29(11-4-2-1-3-5-11)15(26-28)13-7-8-27(13)19-25-17(21)24-18-22-10-23-30(18)19/h1-6,9-10,13H,7-8H2,(H2,21,22,23,24)/t13-/m0/s1. The summed E-state index contributed by atoms with van der Waals surface area (Å²) in [5.74, 6) is 1.51. The van der Waals surface area contributed by atoms with Crippen molar-refractivity contribution in [3.05, 3.63) is 70.1 Å². The van der Waals surface area contributed by atoms with Crippen LogP contribution < -0.4 is 16.2 Å². The van der Waals surface area contributed by atoms with Gasteiger partial charge >= 0.3 is 0 Å². The lowest BCUT2D eigenvalue weighted by Crippen LogP contribution is -2.46. The predicted octanol–water partition coefficient (Wildman–Crippen LogP) is 1.50. The van der Waals surface area contributed by atoms with E-state index in [2.05, 4.69) is 20.1 Å². The van der Waals surface area contributed by atoms with Crippen molar-refractivity contribution in [3.63, 3.8) is 0 Å². The third kappa shape index (κ3) is 2.60. The Hall–Kier alpha value is -3.99. The first-order chi connectivity index (χ1) is 15.1. The van der Waals surface area contributed by atoms with Crippen LogP contribution in [0.15, 0.2) is 53.7 Å². The van der Waals surface area contributed by atoms with Crippen LogP contribution in [0.25, 0.3) is 17.0 Å². The number of nitrogen functional groups attached to an aromatic ring is 1. The Morgan fingerprint density at radius 3 is 2.74 bits per heavy atom. The van der Waals surface area contributed by atoms with Gasteiger partial charge in [-0.05, 0) is 24.6 Å². The van der Waals surface area contributed by atoms with Crippen molar-refractivity contribution in [2.75, 3.05) is 17.2 Å². The SMILES string of the molecule is Nc1nc(N2CC[C@H]2c2nn3ccc(Cl)c3c(=O)n2-c2ccccc2)n2ncnc2n1. The molecule has 0 amide bonds. The molecule has 1 aliphatic heterocycles. The van der Waals surface area contributed by atoms with Gasteiger partial charge in [0.15, 0.2) is 5.82 Å². The van der Waals surface area contributed by atoms with Crippen molar-refractivity contribution >= 4 is 34.8 Å². The third-order valence-corrected chi connectivity index (χ3v) is 5.70. The van der Waals surface area contributed by atoms with Crippen LogP contribution in [0.3, 0.4) is 0 Å². The van der Waals surface area contributed by atoms with E-state index in [0.717, 1.165) is 6.42 Å². The lowest BCUT2D eigenvalue weighted by molar-refractivity contribution is 0.415. The largest absolute Gasteiger partial charge is 0.368 e. The Morgan fingerprint density at radius 2 is 1.97 bits per heavy atom. The molecule has 1 atom stereocenters. The van der Waals surface area contributed by atoms with E-state index in [-0.39, 0.29) is 17.5 Å². The first-order valence-electron chi connectivity index (χ1n) is 9.57. The van der Waals surface area contributed by atoms with Crippen LogP contribution >= 0.6 is 11.6 Å². The van der Waals surface area contributed by atoms with Crippen LogP contribution in [0.2, 0.25) is 5.02 Å². The van der Waals surface area contributed by atoms with Gasteiger partial charge in [0.2, 0.25) is 11.9 Å². The molecular formula is C19H15ClN10O. The number of rotatable bonds is 3. The van der Waals surface area contributed by atoms with Crippen LogP contribution in [-0.2, 0) is 0 Å². The minimum absolute atomic E-state index is 0.0993. The van der Waals surface area contributed by atoms with Gasteiger partial charge in [-0.1, -0.05) is 29.8 Å². The summed E-state index contributed by atoms with van der Waals surface area (Å²) < 4.78 is 4.65. The van der Waals surface area contributed by atoms with E-state index in [4.69, 9.17) is 22.4 Å². The second kappa shape index (κ2) is 6.51. The number of benzene rings is 1. The number of nitrogens with two attached hydrogens (primary N) is 1. The van der Waals surface area contributed by atoms with Crippen molar-refractivity contribution in [2.24, 2.45) is 0 Å². The van der Waals surface area contributed by atoms with Crippen molar-refractivity contribution in [3.8, 4) is 5.69 Å². The number of halogens is 1. The summed E-state index contributed by atoms with van der Waals surface area (Å²) in [6, 6.07) is 10.8. The molecule has 12 heteroatoms. The van der Waals surface area contributed by atoms with Gasteiger partial charge in [-0.15, -0.1) is 0 Å². The summed E-state index contributed by atoms with van der Waals surface area (Å²) in [4.78, 5) is 28.0. The van der Waals surface area contributed by atoms with E-state index in [1.165, 1.54) is 15.4 Å². The van der Waals surface area contributed by atoms with Gasteiger partial charge in [-0.2, -0.15) is 29.7 Å². The van der Waals surface area contributed by atoms with Crippen LogP contribution in [0.4, 0.5) is 11.9 Å². The van der Waals surface area contributed by atoms with Gasteiger partial charge < -0.3 is 10.6 Å². The molecule has 5 heterocycles. The molecule has 2 N–H and O–H groups in total. The summed E-state index contributed by atoms with van der Waals surface area (Å²) in [6.45, 7) is 0.686. The van der Waals surface area contributed by atoms with Gasteiger partial charge in [0.1, 0.15) is 11.8 Å². The molecule has 5 aromatic rings. The molecule has 1 aromatic carbocycles. The maximum absolute atomic E-state index is 13.5. The van der Waals surface area contributed by atoms with Crippen molar-refractivity contribution in [1.82, 2.24) is 38.7 Å². The second-order valence-corrected chi connectivity index (χ2v) is 7.55. The third-order valence-electron chi connectivity index (χ3n) is 5.40. The minimum atomic E-state index is -0.244. The maximum atomic E-state index is 13.5. The van der Waals surface area contributed by atoms with E-state index in [9.17, 15) is 4.79 Å². The zero-order chi connectivity index (χ0) is 21.1. The number of aromatic nitrogens is 8. The summed E-state index contributed by atoms with van der Waals surface area (Å²) in [6.07, 6.45) is 3.84. The molecule has 6 rings (SSSR count). The summed E-state index contributed by atoms with van der Waals surface area (Å²) in [5, 5.41) is 9.32. The van der Waals surface area contributed by atoms with Crippen molar-refractivity contribution in [2.45, 2.75) is 12.5 Å². The van der Waals surface area contributed by atoms with Crippen LogP contribution in [0.5, 0.6) is 0 Å². The molecule has 0 spiro atoms. The summed E-state index contributed by atoms with van der Waals surface area (Å²) in [5.41, 5.74) is 6.67. The fraction of sp³-hybridized carbons (Fsp3) is 0.158. The topological polar surface area (TPSA) is 125 Å². The highest BCUT2D eigenvalue weighted by Gasteiger charge is 2.37. The lowest BCUT2D eigenvalue weighted by Gasteiger charge is -2.41. The molecule has 154 valence electrons. The Morgan fingerprint density at radius 1 is 1.13 bits per heavy atom. The highest BCUT2D eigenvalue weighted by molar-refractivity contribution is 6.33. The Kier molecular flexibility index (Phi) is 3.74. The lowest BCUT2D eigenvalue weighted by atomic mass is 10.0. The number of anilines is 2. The van der Waals surface area contributed by atoms with Gasteiger partial charge in [0.05, 0.1) is 16.8 Å². The molecular weight excluding hydrogens is 420 g/mol. The Bertz CT molecular complexity index is 1510. The summed E-state index contributed by atoms with van der Waals surface area (Å²) >= 11 is 6.28. The predicted molar refractivity (Wildman–Crippen MR) is 113 cm³/mol. The van der Waals surface area contributed by atoms with Crippen LogP contribution in [0, 0.1) is 0 Å². The number of hydrogen-bond acceptors (Lipinski definition) is 8. The van der Waals surface area contributed by atoms with E-state index in [1.54, 1.807) is 16.8 Å². The van der Waals surface area contributed by atoms with Crippen molar-refractivity contribution < 1.29 is 0 Å². The number of fused-ring (bicyclic) bond motifs is 2. The van der Waals surface area contributed by atoms with E-state index < -0.39 is 0 Å². The molecule has 0 radical (unpaired) electrons. The van der Waals surface area contributed by atoms with Crippen molar-refractivity contribution in [1.29, 1.82) is 0 Å². The average Bonchev–Trinajstić information content (AvgIpc) is 3.35. The van der Waals surface area contributed by atoms with E-state index in [0.29, 0.717) is 40.3 Å². The first-order valence-corrected chi connectivity index (χ1v) is 9.95. The molecule has 4 aromatic heterocycles.